The molecule has 0 aromatic heterocycles. The van der Waals surface area contributed by atoms with Crippen molar-refractivity contribution in [2.24, 2.45) is 11.1 Å². The molecule has 0 fully saturated rings. The molecule has 3 N–H and O–H groups in total. The molecule has 0 radical (unpaired) electrons. The maximum absolute atomic E-state index is 12.0. The average Bonchev–Trinajstić information content (AvgIpc) is 2.42. The first-order chi connectivity index (χ1) is 9.31. The van der Waals surface area contributed by atoms with Crippen molar-refractivity contribution in [2.75, 3.05) is 14.2 Å². The van der Waals surface area contributed by atoms with Crippen LogP contribution < -0.4 is 20.5 Å². The molecule has 120 valence electrons. The molecule has 0 aliphatic carbocycles. The Morgan fingerprint density at radius 1 is 1.29 bits per heavy atom. The smallest absolute Gasteiger partial charge is 0.237 e. The minimum absolute atomic E-state index is 0. The fourth-order valence-corrected chi connectivity index (χ4v) is 1.78. The average molecular weight is 317 g/mol. The van der Waals surface area contributed by atoms with Crippen molar-refractivity contribution in [1.82, 2.24) is 5.32 Å². The van der Waals surface area contributed by atoms with E-state index in [1.54, 1.807) is 14.2 Å². The van der Waals surface area contributed by atoms with E-state index >= 15 is 0 Å². The second-order valence-electron chi connectivity index (χ2n) is 5.71. The quantitative estimate of drug-likeness (QED) is 0.872. The number of carbonyl (C=O) groups excluding carboxylic acids is 1. The number of methoxy groups -OCH3 is 2. The van der Waals surface area contributed by atoms with Gasteiger partial charge in [-0.25, -0.2) is 0 Å². The monoisotopic (exact) mass is 316 g/mol. The van der Waals surface area contributed by atoms with Crippen LogP contribution in [0.4, 0.5) is 0 Å². The lowest BCUT2D eigenvalue weighted by atomic mass is 9.87. The Hall–Kier alpha value is -1.46. The summed E-state index contributed by atoms with van der Waals surface area (Å²) in [4.78, 5) is 12.0. The maximum Gasteiger partial charge on any atom is 0.237 e. The Morgan fingerprint density at radius 2 is 1.90 bits per heavy atom. The molecule has 1 rings (SSSR count). The van der Waals surface area contributed by atoms with E-state index in [4.69, 9.17) is 15.2 Å². The first-order valence-corrected chi connectivity index (χ1v) is 6.54. The molecule has 0 aliphatic rings. The van der Waals surface area contributed by atoms with Crippen molar-refractivity contribution < 1.29 is 14.3 Å². The van der Waals surface area contributed by atoms with Gasteiger partial charge in [-0.1, -0.05) is 32.9 Å². The molecule has 1 aromatic carbocycles. The van der Waals surface area contributed by atoms with Gasteiger partial charge < -0.3 is 20.5 Å². The summed E-state index contributed by atoms with van der Waals surface area (Å²) in [6.07, 6.45) is 0. The van der Waals surface area contributed by atoms with E-state index in [1.807, 2.05) is 39.0 Å². The summed E-state index contributed by atoms with van der Waals surface area (Å²) in [5, 5.41) is 2.83. The number of amides is 1. The molecular formula is C15H25ClN2O3. The number of rotatable bonds is 5. The highest BCUT2D eigenvalue weighted by Gasteiger charge is 2.27. The Labute approximate surface area is 132 Å². The van der Waals surface area contributed by atoms with Gasteiger partial charge in [0.25, 0.3) is 0 Å². The molecule has 1 atom stereocenters. The molecule has 0 saturated carbocycles. The molecule has 5 nitrogen and oxygen atoms in total. The number of hydrogen-bond donors (Lipinski definition) is 2. The zero-order chi connectivity index (χ0) is 15.3. The van der Waals surface area contributed by atoms with Crippen LogP contribution in [0.15, 0.2) is 18.2 Å². The van der Waals surface area contributed by atoms with Crippen LogP contribution in [0.2, 0.25) is 0 Å². The van der Waals surface area contributed by atoms with E-state index in [0.29, 0.717) is 18.0 Å². The maximum atomic E-state index is 12.0. The van der Waals surface area contributed by atoms with Gasteiger partial charge in [0.05, 0.1) is 20.3 Å². The highest BCUT2D eigenvalue weighted by atomic mass is 35.5. The number of nitrogens with two attached hydrogens (primary N) is 1. The predicted molar refractivity (Wildman–Crippen MR) is 86.1 cm³/mol. The van der Waals surface area contributed by atoms with Crippen LogP contribution in [0.3, 0.4) is 0 Å². The van der Waals surface area contributed by atoms with Crippen LogP contribution in [-0.4, -0.2) is 26.2 Å². The molecule has 0 unspecified atom stereocenters. The molecule has 1 aromatic rings. The van der Waals surface area contributed by atoms with E-state index in [2.05, 4.69) is 5.32 Å². The third kappa shape index (κ3) is 5.10. The van der Waals surface area contributed by atoms with Gasteiger partial charge in [-0.3, -0.25) is 4.79 Å². The number of para-hydroxylation sites is 1. The number of ether oxygens (including phenoxy) is 2. The van der Waals surface area contributed by atoms with Crippen molar-refractivity contribution in [3.05, 3.63) is 23.8 Å². The van der Waals surface area contributed by atoms with E-state index in [9.17, 15) is 4.79 Å². The van der Waals surface area contributed by atoms with E-state index in [1.165, 1.54) is 0 Å². The molecule has 0 bridgehead atoms. The second kappa shape index (κ2) is 8.10. The first kappa shape index (κ1) is 19.5. The van der Waals surface area contributed by atoms with Crippen molar-refractivity contribution in [3.8, 4) is 11.5 Å². The Bertz CT molecular complexity index is 472. The Morgan fingerprint density at radius 3 is 2.38 bits per heavy atom. The summed E-state index contributed by atoms with van der Waals surface area (Å²) in [5.74, 6) is 1.08. The first-order valence-electron chi connectivity index (χ1n) is 6.54. The van der Waals surface area contributed by atoms with Crippen LogP contribution in [0, 0.1) is 5.41 Å². The number of benzene rings is 1. The number of hydrogen-bond acceptors (Lipinski definition) is 4. The van der Waals surface area contributed by atoms with Crippen LogP contribution in [0.5, 0.6) is 11.5 Å². The number of carbonyl (C=O) groups is 1. The zero-order valence-corrected chi connectivity index (χ0v) is 14.0. The van der Waals surface area contributed by atoms with Crippen molar-refractivity contribution in [1.29, 1.82) is 0 Å². The lowest BCUT2D eigenvalue weighted by Gasteiger charge is -2.26. The summed E-state index contributed by atoms with van der Waals surface area (Å²) in [6, 6.07) is 4.99. The fraction of sp³-hybridized carbons (Fsp3) is 0.533. The summed E-state index contributed by atoms with van der Waals surface area (Å²) in [5.41, 5.74) is 6.49. The Balaban J connectivity index is 0.00000400. The topological polar surface area (TPSA) is 73.6 Å². The standard InChI is InChI=1S/C15H24N2O3.ClH/c1-15(2,3)13(16)14(18)17-9-10-7-6-8-11(19-4)12(10)20-5;/h6-8,13H,9,16H2,1-5H3,(H,17,18);1H/t13-;/m1./s1. The zero-order valence-electron chi connectivity index (χ0n) is 13.2. The van der Waals surface area contributed by atoms with Gasteiger partial charge in [0.1, 0.15) is 0 Å². The third-order valence-corrected chi connectivity index (χ3v) is 3.15. The summed E-state index contributed by atoms with van der Waals surface area (Å²) in [7, 11) is 3.15. The number of nitrogens with one attached hydrogen (secondary N) is 1. The molecule has 1 amide bonds. The van der Waals surface area contributed by atoms with Crippen LogP contribution in [0.25, 0.3) is 0 Å². The third-order valence-electron chi connectivity index (χ3n) is 3.15. The molecule has 21 heavy (non-hydrogen) atoms. The van der Waals surface area contributed by atoms with Crippen molar-refractivity contribution in [3.63, 3.8) is 0 Å². The molecule has 0 spiro atoms. The summed E-state index contributed by atoms with van der Waals surface area (Å²) in [6.45, 7) is 6.15. The van der Waals surface area contributed by atoms with E-state index in [0.717, 1.165) is 5.56 Å². The van der Waals surface area contributed by atoms with Crippen LogP contribution >= 0.6 is 12.4 Å². The fourth-order valence-electron chi connectivity index (χ4n) is 1.78. The molecule has 0 heterocycles. The molecule has 0 saturated heterocycles. The van der Waals surface area contributed by atoms with Gasteiger partial charge in [-0.15, -0.1) is 12.4 Å². The van der Waals surface area contributed by atoms with Crippen molar-refractivity contribution >= 4 is 18.3 Å². The van der Waals surface area contributed by atoms with Crippen LogP contribution in [-0.2, 0) is 11.3 Å². The van der Waals surface area contributed by atoms with Crippen molar-refractivity contribution in [2.45, 2.75) is 33.4 Å². The minimum Gasteiger partial charge on any atom is -0.493 e. The SMILES string of the molecule is COc1cccc(CNC(=O)[C@@H](N)C(C)(C)C)c1OC.Cl. The van der Waals surface area contributed by atoms with Gasteiger partial charge in [0.15, 0.2) is 11.5 Å². The van der Waals surface area contributed by atoms with E-state index < -0.39 is 6.04 Å². The molecule has 0 aliphatic heterocycles. The van der Waals surface area contributed by atoms with Gasteiger partial charge in [-0.05, 0) is 11.5 Å². The summed E-state index contributed by atoms with van der Waals surface area (Å²) < 4.78 is 10.5. The van der Waals surface area contributed by atoms with E-state index in [-0.39, 0.29) is 23.7 Å². The second-order valence-corrected chi connectivity index (χ2v) is 5.71. The lowest BCUT2D eigenvalue weighted by Crippen LogP contribution is -2.48. The summed E-state index contributed by atoms with van der Waals surface area (Å²) >= 11 is 0. The Kier molecular flexibility index (Phi) is 7.53. The van der Waals surface area contributed by atoms with Gasteiger partial charge in [0.2, 0.25) is 5.91 Å². The highest BCUT2D eigenvalue weighted by molar-refractivity contribution is 5.85. The lowest BCUT2D eigenvalue weighted by molar-refractivity contribution is -0.124. The molecule has 6 heteroatoms. The normalized spacial score (nSPS) is 12.1. The largest absolute Gasteiger partial charge is 0.493 e. The highest BCUT2D eigenvalue weighted by Crippen LogP contribution is 2.30. The number of halogens is 1. The van der Waals surface area contributed by atoms with Gasteiger partial charge >= 0.3 is 0 Å². The van der Waals surface area contributed by atoms with Gasteiger partial charge in [0, 0.05) is 12.1 Å². The van der Waals surface area contributed by atoms with Gasteiger partial charge in [-0.2, -0.15) is 0 Å². The minimum atomic E-state index is -0.556. The van der Waals surface area contributed by atoms with Crippen LogP contribution in [0.1, 0.15) is 26.3 Å². The molecular weight excluding hydrogens is 292 g/mol. The predicted octanol–water partition coefficient (Wildman–Crippen LogP) is 2.12.